The predicted molar refractivity (Wildman–Crippen MR) is 91.7 cm³/mol. The number of nitrogens with one attached hydrogen (secondary N) is 2. The molecule has 1 aliphatic rings. The molecular weight excluding hydrogens is 358 g/mol. The standard InChI is InChI=1S/C17H20F2N6O2/c1-20-16(26)14-6-11(7-21-14)25-9-10(22-23-25)8-24(2)17(27)12-4-3-5-13(18)15(12)19/h3-5,9,11,14,21H,6-8H2,1-2H3,(H,20,26)/t11-,14+/m1/s1. The van der Waals surface area contributed by atoms with Crippen molar-refractivity contribution in [2.24, 2.45) is 0 Å². The summed E-state index contributed by atoms with van der Waals surface area (Å²) in [7, 11) is 3.06. The van der Waals surface area contributed by atoms with Crippen molar-refractivity contribution >= 4 is 11.8 Å². The average molecular weight is 378 g/mol. The summed E-state index contributed by atoms with van der Waals surface area (Å²) in [5.41, 5.74) is 0.171. The first-order valence-electron chi connectivity index (χ1n) is 8.46. The second-order valence-corrected chi connectivity index (χ2v) is 6.42. The smallest absolute Gasteiger partial charge is 0.257 e. The van der Waals surface area contributed by atoms with Gasteiger partial charge in [-0.3, -0.25) is 9.59 Å². The van der Waals surface area contributed by atoms with E-state index in [1.165, 1.54) is 24.1 Å². The van der Waals surface area contributed by atoms with Crippen LogP contribution in [0.4, 0.5) is 8.78 Å². The van der Waals surface area contributed by atoms with Crippen molar-refractivity contribution in [1.29, 1.82) is 0 Å². The van der Waals surface area contributed by atoms with Crippen molar-refractivity contribution in [1.82, 2.24) is 30.5 Å². The number of amides is 2. The molecule has 3 rings (SSSR count). The molecule has 0 bridgehead atoms. The van der Waals surface area contributed by atoms with Crippen LogP contribution in [0.3, 0.4) is 0 Å². The molecule has 1 aliphatic heterocycles. The molecule has 1 aromatic carbocycles. The van der Waals surface area contributed by atoms with Gasteiger partial charge in [-0.2, -0.15) is 0 Å². The van der Waals surface area contributed by atoms with Crippen molar-refractivity contribution in [3.63, 3.8) is 0 Å². The van der Waals surface area contributed by atoms with Crippen molar-refractivity contribution < 1.29 is 18.4 Å². The van der Waals surface area contributed by atoms with E-state index in [0.29, 0.717) is 18.7 Å². The number of likely N-dealkylation sites (N-methyl/N-ethyl adjacent to an activating group) is 1. The van der Waals surface area contributed by atoms with Crippen LogP contribution in [0.25, 0.3) is 0 Å². The fourth-order valence-electron chi connectivity index (χ4n) is 3.05. The van der Waals surface area contributed by atoms with Crippen LogP contribution < -0.4 is 10.6 Å². The Labute approximate surface area is 154 Å². The molecule has 2 aromatic rings. The highest BCUT2D eigenvalue weighted by Crippen LogP contribution is 2.19. The van der Waals surface area contributed by atoms with E-state index in [0.717, 1.165) is 6.07 Å². The summed E-state index contributed by atoms with van der Waals surface area (Å²) in [6.07, 6.45) is 2.26. The Balaban J connectivity index is 1.64. The Morgan fingerprint density at radius 1 is 1.41 bits per heavy atom. The van der Waals surface area contributed by atoms with Gasteiger partial charge in [0.2, 0.25) is 5.91 Å². The SMILES string of the molecule is CNC(=O)[C@@H]1C[C@@H](n2cc(CN(C)C(=O)c3cccc(F)c3F)nn2)CN1. The number of carbonyl (C=O) groups excluding carboxylic acids is 2. The molecule has 0 aliphatic carbocycles. The molecule has 2 N–H and O–H groups in total. The Hall–Kier alpha value is -2.88. The van der Waals surface area contributed by atoms with Gasteiger partial charge in [-0.05, 0) is 18.6 Å². The van der Waals surface area contributed by atoms with Gasteiger partial charge >= 0.3 is 0 Å². The van der Waals surface area contributed by atoms with Crippen molar-refractivity contribution in [3.8, 4) is 0 Å². The third-order valence-corrected chi connectivity index (χ3v) is 4.53. The van der Waals surface area contributed by atoms with E-state index in [4.69, 9.17) is 0 Å². The molecule has 144 valence electrons. The lowest BCUT2D eigenvalue weighted by Crippen LogP contribution is -2.38. The fraction of sp³-hybridized carbons (Fsp3) is 0.412. The highest BCUT2D eigenvalue weighted by Gasteiger charge is 2.30. The lowest BCUT2D eigenvalue weighted by Gasteiger charge is -2.16. The molecule has 1 saturated heterocycles. The lowest BCUT2D eigenvalue weighted by molar-refractivity contribution is -0.122. The van der Waals surface area contributed by atoms with Gasteiger partial charge in [-0.1, -0.05) is 11.3 Å². The number of benzene rings is 1. The highest BCUT2D eigenvalue weighted by molar-refractivity contribution is 5.94. The van der Waals surface area contributed by atoms with Crippen LogP contribution in [-0.2, 0) is 11.3 Å². The number of halogens is 2. The number of carbonyl (C=O) groups is 2. The van der Waals surface area contributed by atoms with Crippen molar-refractivity contribution in [3.05, 3.63) is 47.3 Å². The molecule has 1 aromatic heterocycles. The second-order valence-electron chi connectivity index (χ2n) is 6.42. The first kappa shape index (κ1) is 18.9. The van der Waals surface area contributed by atoms with Gasteiger partial charge in [0.1, 0.15) is 5.69 Å². The van der Waals surface area contributed by atoms with Crippen LogP contribution in [0, 0.1) is 11.6 Å². The van der Waals surface area contributed by atoms with E-state index in [-0.39, 0.29) is 30.1 Å². The van der Waals surface area contributed by atoms with Crippen LogP contribution in [-0.4, -0.2) is 58.4 Å². The van der Waals surface area contributed by atoms with Gasteiger partial charge in [0, 0.05) is 20.6 Å². The number of hydrogen-bond acceptors (Lipinski definition) is 5. The van der Waals surface area contributed by atoms with Gasteiger partial charge in [0.15, 0.2) is 11.6 Å². The van der Waals surface area contributed by atoms with Gasteiger partial charge in [-0.25, -0.2) is 13.5 Å². The van der Waals surface area contributed by atoms with Crippen LogP contribution in [0.15, 0.2) is 24.4 Å². The summed E-state index contributed by atoms with van der Waals surface area (Å²) in [4.78, 5) is 25.3. The topological polar surface area (TPSA) is 92.2 Å². The van der Waals surface area contributed by atoms with Gasteiger partial charge in [0.05, 0.1) is 30.4 Å². The van der Waals surface area contributed by atoms with E-state index in [2.05, 4.69) is 20.9 Å². The molecule has 2 atom stereocenters. The quantitative estimate of drug-likeness (QED) is 0.790. The molecule has 0 saturated carbocycles. The Kier molecular flexibility index (Phi) is 5.45. The monoisotopic (exact) mass is 378 g/mol. The van der Waals surface area contributed by atoms with Crippen LogP contribution >= 0.6 is 0 Å². The molecule has 1 fully saturated rings. The maximum absolute atomic E-state index is 13.8. The number of aromatic nitrogens is 3. The fourth-order valence-corrected chi connectivity index (χ4v) is 3.05. The van der Waals surface area contributed by atoms with Crippen LogP contribution in [0.2, 0.25) is 0 Å². The lowest BCUT2D eigenvalue weighted by atomic mass is 10.1. The Morgan fingerprint density at radius 3 is 2.93 bits per heavy atom. The number of nitrogens with zero attached hydrogens (tertiary/aromatic N) is 4. The number of hydrogen-bond donors (Lipinski definition) is 2. The van der Waals surface area contributed by atoms with Crippen LogP contribution in [0.5, 0.6) is 0 Å². The molecule has 2 heterocycles. The summed E-state index contributed by atoms with van der Waals surface area (Å²) >= 11 is 0. The predicted octanol–water partition coefficient (Wildman–Crippen LogP) is 0.477. The largest absolute Gasteiger partial charge is 0.358 e. The first-order chi connectivity index (χ1) is 12.9. The Bertz CT molecular complexity index is 856. The second kappa shape index (κ2) is 7.78. The number of rotatable bonds is 5. The summed E-state index contributed by atoms with van der Waals surface area (Å²) in [5.74, 6) is -2.97. The average Bonchev–Trinajstić information content (AvgIpc) is 3.32. The normalized spacial score (nSPS) is 19.1. The maximum atomic E-state index is 13.8. The molecule has 27 heavy (non-hydrogen) atoms. The van der Waals surface area contributed by atoms with E-state index in [9.17, 15) is 18.4 Å². The zero-order valence-corrected chi connectivity index (χ0v) is 14.9. The molecule has 8 nitrogen and oxygen atoms in total. The van der Waals surface area contributed by atoms with E-state index >= 15 is 0 Å². The third kappa shape index (κ3) is 3.95. The maximum Gasteiger partial charge on any atom is 0.257 e. The molecule has 0 radical (unpaired) electrons. The van der Waals surface area contributed by atoms with E-state index in [1.54, 1.807) is 17.9 Å². The molecule has 0 unspecified atom stereocenters. The van der Waals surface area contributed by atoms with Crippen LogP contribution in [0.1, 0.15) is 28.5 Å². The zero-order valence-electron chi connectivity index (χ0n) is 14.9. The molecule has 0 spiro atoms. The minimum Gasteiger partial charge on any atom is -0.358 e. The van der Waals surface area contributed by atoms with Gasteiger partial charge < -0.3 is 15.5 Å². The van der Waals surface area contributed by atoms with Gasteiger partial charge in [-0.15, -0.1) is 5.10 Å². The minimum absolute atomic E-state index is 0.0322. The summed E-state index contributed by atoms with van der Waals surface area (Å²) < 4.78 is 28.8. The minimum atomic E-state index is -1.17. The third-order valence-electron chi connectivity index (χ3n) is 4.53. The Morgan fingerprint density at radius 2 is 2.19 bits per heavy atom. The summed E-state index contributed by atoms with van der Waals surface area (Å²) in [6, 6.07) is 3.16. The first-order valence-corrected chi connectivity index (χ1v) is 8.46. The molecule has 10 heteroatoms. The summed E-state index contributed by atoms with van der Waals surface area (Å²) in [5, 5.41) is 13.8. The molecule has 2 amide bonds. The summed E-state index contributed by atoms with van der Waals surface area (Å²) in [6.45, 7) is 0.665. The van der Waals surface area contributed by atoms with Crippen molar-refractivity contribution in [2.75, 3.05) is 20.6 Å². The van der Waals surface area contributed by atoms with E-state index in [1.807, 2.05) is 0 Å². The highest BCUT2D eigenvalue weighted by atomic mass is 19.2. The van der Waals surface area contributed by atoms with Crippen molar-refractivity contribution in [2.45, 2.75) is 25.0 Å². The van der Waals surface area contributed by atoms with Gasteiger partial charge in [0.25, 0.3) is 5.91 Å². The van der Waals surface area contributed by atoms with E-state index < -0.39 is 17.5 Å². The molecular formula is C17H20F2N6O2. The zero-order chi connectivity index (χ0) is 19.6.